The zero-order valence-electron chi connectivity index (χ0n) is 16.2. The summed E-state index contributed by atoms with van der Waals surface area (Å²) >= 11 is 12.0. The molecule has 0 bridgehead atoms. The van der Waals surface area contributed by atoms with Crippen LogP contribution in [0, 0.1) is 6.92 Å². The quantitative estimate of drug-likeness (QED) is 0.466. The molecule has 2 aromatic carbocycles. The number of alkyl halides is 3. The Balaban J connectivity index is 1.65. The second-order valence-electron chi connectivity index (χ2n) is 7.34. The molecular weight excluding hydrogens is 452 g/mol. The fourth-order valence-corrected chi connectivity index (χ4v) is 3.82. The summed E-state index contributed by atoms with van der Waals surface area (Å²) in [6, 6.07) is 10.6. The van der Waals surface area contributed by atoms with Gasteiger partial charge in [0.25, 0.3) is 5.91 Å². The van der Waals surface area contributed by atoms with Crippen molar-refractivity contribution in [2.75, 3.05) is 10.6 Å². The van der Waals surface area contributed by atoms with E-state index in [1.807, 2.05) is 19.1 Å². The molecule has 0 fully saturated rings. The third-order valence-electron chi connectivity index (χ3n) is 5.08. The zero-order chi connectivity index (χ0) is 22.3. The minimum atomic E-state index is -4.53. The van der Waals surface area contributed by atoms with Crippen molar-refractivity contribution in [3.05, 3.63) is 75.4 Å². The monoisotopic (exact) mass is 468 g/mol. The number of hydrogen-bond donors (Lipinski definition) is 2. The first kappa shape index (κ1) is 21.5. The molecule has 1 amide bonds. The van der Waals surface area contributed by atoms with Crippen LogP contribution in [0.2, 0.25) is 10.0 Å². The van der Waals surface area contributed by atoms with Gasteiger partial charge in [-0.15, -0.1) is 0 Å². The van der Waals surface area contributed by atoms with Crippen LogP contribution in [0.3, 0.4) is 0 Å². The van der Waals surface area contributed by atoms with E-state index >= 15 is 0 Å². The van der Waals surface area contributed by atoms with E-state index in [1.165, 1.54) is 18.2 Å². The number of nitrogens with one attached hydrogen (secondary N) is 2. The first-order valence-corrected chi connectivity index (χ1v) is 10.1. The highest BCUT2D eigenvalue weighted by Gasteiger charge is 2.46. The Bertz CT molecular complexity index is 1130. The Hall–Kier alpha value is -2.71. The molecule has 162 valence electrons. The lowest BCUT2D eigenvalue weighted by atomic mass is 9.96. The fraction of sp³-hybridized carbons (Fsp3) is 0.238. The molecule has 3 aromatic rings. The van der Waals surface area contributed by atoms with Crippen LogP contribution in [0.15, 0.2) is 48.5 Å². The van der Waals surface area contributed by atoms with Crippen molar-refractivity contribution in [2.45, 2.75) is 31.6 Å². The summed E-state index contributed by atoms with van der Waals surface area (Å²) in [5.74, 6) is -0.581. The highest BCUT2D eigenvalue weighted by atomic mass is 35.5. The Kier molecular flexibility index (Phi) is 5.61. The molecule has 0 aliphatic carbocycles. The lowest BCUT2D eigenvalue weighted by Gasteiger charge is -2.33. The van der Waals surface area contributed by atoms with Gasteiger partial charge in [0, 0.05) is 17.5 Å². The third kappa shape index (κ3) is 4.50. The minimum absolute atomic E-state index is 0.112. The van der Waals surface area contributed by atoms with Crippen LogP contribution in [-0.4, -0.2) is 21.9 Å². The van der Waals surface area contributed by atoms with E-state index in [2.05, 4.69) is 15.7 Å². The molecular formula is C21H17Cl2F3N4O. The molecule has 2 unspecified atom stereocenters. The van der Waals surface area contributed by atoms with Crippen LogP contribution >= 0.6 is 23.2 Å². The summed E-state index contributed by atoms with van der Waals surface area (Å²) in [5, 5.41) is 10.1. The number of rotatable bonds is 3. The summed E-state index contributed by atoms with van der Waals surface area (Å²) in [7, 11) is 0. The average Bonchev–Trinajstić information content (AvgIpc) is 3.14. The number of anilines is 2. The van der Waals surface area contributed by atoms with Crippen LogP contribution in [-0.2, 0) is 0 Å². The van der Waals surface area contributed by atoms with Gasteiger partial charge in [0.1, 0.15) is 5.82 Å². The van der Waals surface area contributed by atoms with Gasteiger partial charge in [-0.2, -0.15) is 18.3 Å². The van der Waals surface area contributed by atoms with Gasteiger partial charge in [0.15, 0.2) is 11.7 Å². The standard InChI is InChI=1S/C21H17Cl2F3N4O/c1-11-2-4-12(5-3-11)15-9-18(21(24,25)26)30-19(27-15)10-17(29-30)20(31)28-16-8-13(22)6-7-14(16)23/h2-8,10,15,18,27H,9H2,1H3,(H,28,31). The smallest absolute Gasteiger partial charge is 0.363 e. The SMILES string of the molecule is Cc1ccc(C2CC(C(F)(F)F)n3nc(C(=O)Nc4cc(Cl)ccc4Cl)cc3N2)cc1. The maximum absolute atomic E-state index is 13.8. The Morgan fingerprint density at radius 3 is 2.55 bits per heavy atom. The summed E-state index contributed by atoms with van der Waals surface area (Å²) in [6.45, 7) is 1.91. The van der Waals surface area contributed by atoms with E-state index in [4.69, 9.17) is 23.2 Å². The van der Waals surface area contributed by atoms with E-state index in [0.29, 0.717) is 5.02 Å². The van der Waals surface area contributed by atoms with Gasteiger partial charge in [0.2, 0.25) is 0 Å². The molecule has 1 aromatic heterocycles. The van der Waals surface area contributed by atoms with Gasteiger partial charge in [-0.05, 0) is 30.7 Å². The third-order valence-corrected chi connectivity index (χ3v) is 5.64. The molecule has 5 nitrogen and oxygen atoms in total. The number of halogens is 5. The average molecular weight is 469 g/mol. The maximum atomic E-state index is 13.8. The molecule has 31 heavy (non-hydrogen) atoms. The number of aromatic nitrogens is 2. The van der Waals surface area contributed by atoms with Gasteiger partial charge in [-0.1, -0.05) is 53.0 Å². The van der Waals surface area contributed by atoms with Gasteiger partial charge in [-0.25, -0.2) is 4.68 Å². The topological polar surface area (TPSA) is 59.0 Å². The molecule has 2 atom stereocenters. The molecule has 0 saturated heterocycles. The molecule has 10 heteroatoms. The van der Waals surface area contributed by atoms with E-state index in [0.717, 1.165) is 15.8 Å². The predicted octanol–water partition coefficient (Wildman–Crippen LogP) is 6.41. The van der Waals surface area contributed by atoms with Crippen LogP contribution in [0.1, 0.15) is 40.1 Å². The maximum Gasteiger partial charge on any atom is 0.410 e. The largest absolute Gasteiger partial charge is 0.410 e. The Morgan fingerprint density at radius 2 is 1.87 bits per heavy atom. The summed E-state index contributed by atoms with van der Waals surface area (Å²) in [6.07, 6.45) is -4.78. The molecule has 4 rings (SSSR count). The number of carbonyl (C=O) groups excluding carboxylic acids is 1. The minimum Gasteiger partial charge on any atom is -0.363 e. The lowest BCUT2D eigenvalue weighted by molar-refractivity contribution is -0.173. The van der Waals surface area contributed by atoms with E-state index in [9.17, 15) is 18.0 Å². The number of carbonyl (C=O) groups is 1. The molecule has 1 aliphatic rings. The first-order valence-electron chi connectivity index (χ1n) is 9.37. The summed E-state index contributed by atoms with van der Waals surface area (Å²) < 4.78 is 42.2. The number of aryl methyl sites for hydroxylation is 1. The Labute approximate surface area is 186 Å². The van der Waals surface area contributed by atoms with Crippen molar-refractivity contribution in [1.29, 1.82) is 0 Å². The Morgan fingerprint density at radius 1 is 1.16 bits per heavy atom. The molecule has 2 heterocycles. The van der Waals surface area contributed by atoms with Gasteiger partial charge < -0.3 is 10.6 Å². The van der Waals surface area contributed by atoms with Gasteiger partial charge in [-0.3, -0.25) is 4.79 Å². The van der Waals surface area contributed by atoms with Crippen LogP contribution < -0.4 is 10.6 Å². The second-order valence-corrected chi connectivity index (χ2v) is 8.18. The molecule has 2 N–H and O–H groups in total. The summed E-state index contributed by atoms with van der Waals surface area (Å²) in [5.41, 5.74) is 1.81. The van der Waals surface area contributed by atoms with Crippen LogP contribution in [0.5, 0.6) is 0 Å². The summed E-state index contributed by atoms with van der Waals surface area (Å²) in [4.78, 5) is 12.6. The van der Waals surface area contributed by atoms with Crippen molar-refractivity contribution in [1.82, 2.24) is 9.78 Å². The zero-order valence-corrected chi connectivity index (χ0v) is 17.7. The highest BCUT2D eigenvalue weighted by molar-refractivity contribution is 6.35. The number of amides is 1. The number of fused-ring (bicyclic) bond motifs is 1. The molecule has 0 radical (unpaired) electrons. The van der Waals surface area contributed by atoms with Crippen molar-refractivity contribution >= 4 is 40.6 Å². The van der Waals surface area contributed by atoms with Gasteiger partial charge >= 0.3 is 6.18 Å². The number of benzene rings is 2. The fourth-order valence-electron chi connectivity index (χ4n) is 3.48. The van der Waals surface area contributed by atoms with E-state index in [-0.39, 0.29) is 28.6 Å². The predicted molar refractivity (Wildman–Crippen MR) is 114 cm³/mol. The number of nitrogens with zero attached hydrogens (tertiary/aromatic N) is 2. The molecule has 0 saturated carbocycles. The van der Waals surface area contributed by atoms with E-state index < -0.39 is 24.2 Å². The number of hydrogen-bond acceptors (Lipinski definition) is 3. The first-order chi connectivity index (χ1) is 14.6. The van der Waals surface area contributed by atoms with Crippen molar-refractivity contribution in [3.8, 4) is 0 Å². The van der Waals surface area contributed by atoms with Crippen molar-refractivity contribution < 1.29 is 18.0 Å². The van der Waals surface area contributed by atoms with Crippen molar-refractivity contribution in [3.63, 3.8) is 0 Å². The van der Waals surface area contributed by atoms with Gasteiger partial charge in [0.05, 0.1) is 16.8 Å². The second kappa shape index (κ2) is 8.09. The highest BCUT2D eigenvalue weighted by Crippen LogP contribution is 2.43. The van der Waals surface area contributed by atoms with E-state index in [1.54, 1.807) is 18.2 Å². The molecule has 0 spiro atoms. The lowest BCUT2D eigenvalue weighted by Crippen LogP contribution is -2.35. The van der Waals surface area contributed by atoms with Crippen molar-refractivity contribution in [2.24, 2.45) is 0 Å². The van der Waals surface area contributed by atoms with Crippen LogP contribution in [0.4, 0.5) is 24.7 Å². The van der Waals surface area contributed by atoms with Crippen LogP contribution in [0.25, 0.3) is 0 Å². The normalized spacial score (nSPS) is 18.3. The molecule has 1 aliphatic heterocycles.